The van der Waals surface area contributed by atoms with Gasteiger partial charge in [-0.05, 0) is 43.7 Å². The van der Waals surface area contributed by atoms with Crippen molar-refractivity contribution >= 4 is 23.6 Å². The first-order valence-electron chi connectivity index (χ1n) is 7.91. The Labute approximate surface area is 142 Å². The predicted octanol–water partition coefficient (Wildman–Crippen LogP) is 3.01. The van der Waals surface area contributed by atoms with Gasteiger partial charge in [0.05, 0.1) is 6.04 Å². The molecule has 0 unspecified atom stereocenters. The molecule has 4 nitrogen and oxygen atoms in total. The fourth-order valence-electron chi connectivity index (χ4n) is 2.92. The van der Waals surface area contributed by atoms with Gasteiger partial charge in [-0.25, -0.2) is 0 Å². The number of amides is 2. The van der Waals surface area contributed by atoms with E-state index in [2.05, 4.69) is 24.0 Å². The molecule has 23 heavy (non-hydrogen) atoms. The zero-order chi connectivity index (χ0) is 16.8. The Morgan fingerprint density at radius 2 is 2.00 bits per heavy atom. The van der Waals surface area contributed by atoms with Crippen LogP contribution in [0, 0.1) is 5.92 Å². The number of nitrogens with one attached hydrogen (secondary N) is 1. The summed E-state index contributed by atoms with van der Waals surface area (Å²) in [7, 11) is 0. The maximum atomic E-state index is 12.5. The van der Waals surface area contributed by atoms with E-state index < -0.39 is 0 Å². The van der Waals surface area contributed by atoms with Gasteiger partial charge < -0.3 is 10.2 Å². The quantitative estimate of drug-likeness (QED) is 0.666. The Kier molecular flexibility index (Phi) is 6.28. The van der Waals surface area contributed by atoms with E-state index in [0.29, 0.717) is 25.9 Å². The van der Waals surface area contributed by atoms with Crippen molar-refractivity contribution in [1.82, 2.24) is 10.2 Å². The maximum Gasteiger partial charge on any atom is 0.245 e. The topological polar surface area (TPSA) is 49.4 Å². The molecule has 1 aliphatic heterocycles. The Morgan fingerprint density at radius 3 is 2.61 bits per heavy atom. The van der Waals surface area contributed by atoms with Crippen molar-refractivity contribution in [3.63, 3.8) is 0 Å². The Balaban J connectivity index is 1.92. The van der Waals surface area contributed by atoms with Gasteiger partial charge in [0.25, 0.3) is 0 Å². The molecule has 1 saturated heterocycles. The summed E-state index contributed by atoms with van der Waals surface area (Å²) >= 11 is 1.69. The van der Waals surface area contributed by atoms with Gasteiger partial charge in [-0.3, -0.25) is 9.59 Å². The summed E-state index contributed by atoms with van der Waals surface area (Å²) in [4.78, 5) is 27.0. The van der Waals surface area contributed by atoms with Gasteiger partial charge in [0.15, 0.2) is 0 Å². The van der Waals surface area contributed by atoms with E-state index in [9.17, 15) is 9.59 Å². The number of nitrogens with zero attached hydrogens (tertiary/aromatic N) is 1. The van der Waals surface area contributed by atoms with Crippen LogP contribution >= 0.6 is 11.8 Å². The molecular weight excluding hydrogens is 308 g/mol. The van der Waals surface area contributed by atoms with Crippen LogP contribution in [-0.2, 0) is 9.59 Å². The van der Waals surface area contributed by atoms with Crippen LogP contribution in [0.25, 0.3) is 0 Å². The van der Waals surface area contributed by atoms with Crippen molar-refractivity contribution in [3.8, 4) is 0 Å². The van der Waals surface area contributed by atoms with Gasteiger partial charge in [-0.2, -0.15) is 0 Å². The predicted molar refractivity (Wildman–Crippen MR) is 94.3 cm³/mol. The van der Waals surface area contributed by atoms with Crippen LogP contribution in [0.1, 0.15) is 31.4 Å². The van der Waals surface area contributed by atoms with Gasteiger partial charge >= 0.3 is 0 Å². The van der Waals surface area contributed by atoms with Crippen molar-refractivity contribution in [2.45, 2.75) is 30.7 Å². The lowest BCUT2D eigenvalue weighted by Gasteiger charge is -2.31. The molecule has 2 amide bonds. The molecular formula is C18H24N2O2S. The van der Waals surface area contributed by atoms with Gasteiger partial charge in [-0.15, -0.1) is 11.8 Å². The lowest BCUT2D eigenvalue weighted by Crippen LogP contribution is -2.43. The van der Waals surface area contributed by atoms with Crippen molar-refractivity contribution < 1.29 is 9.59 Å². The molecule has 1 aliphatic rings. The second-order valence-corrected chi connectivity index (χ2v) is 6.62. The van der Waals surface area contributed by atoms with E-state index in [4.69, 9.17) is 0 Å². The minimum Gasteiger partial charge on any atom is -0.349 e. The lowest BCUT2D eigenvalue weighted by atomic mass is 9.95. The Hall–Kier alpha value is -1.75. The monoisotopic (exact) mass is 332 g/mol. The second kappa shape index (κ2) is 8.20. The SMILES string of the molecule is C=CC(=O)N1CCC(C(=O)N[C@@H](C)c2ccccc2SC)CC1. The molecule has 124 valence electrons. The van der Waals surface area contributed by atoms with Crippen LogP contribution in [0.4, 0.5) is 0 Å². The van der Waals surface area contributed by atoms with Crippen molar-refractivity contribution in [3.05, 3.63) is 42.5 Å². The van der Waals surface area contributed by atoms with Crippen LogP contribution in [0.3, 0.4) is 0 Å². The van der Waals surface area contributed by atoms with E-state index in [1.54, 1.807) is 16.7 Å². The number of carbonyl (C=O) groups excluding carboxylic acids is 2. The summed E-state index contributed by atoms with van der Waals surface area (Å²) in [6.45, 7) is 6.77. The summed E-state index contributed by atoms with van der Waals surface area (Å²) in [5.74, 6) is 0.0120. The molecule has 1 heterocycles. The highest BCUT2D eigenvalue weighted by Crippen LogP contribution is 2.26. The average Bonchev–Trinajstić information content (AvgIpc) is 2.60. The number of thioether (sulfide) groups is 1. The Morgan fingerprint density at radius 1 is 1.35 bits per heavy atom. The molecule has 1 N–H and O–H groups in total. The number of carbonyl (C=O) groups is 2. The number of likely N-dealkylation sites (tertiary alicyclic amines) is 1. The highest BCUT2D eigenvalue weighted by Gasteiger charge is 2.27. The zero-order valence-electron chi connectivity index (χ0n) is 13.7. The number of hydrogen-bond donors (Lipinski definition) is 1. The normalized spacial score (nSPS) is 16.7. The van der Waals surface area contributed by atoms with Crippen LogP contribution in [0.15, 0.2) is 41.8 Å². The summed E-state index contributed by atoms with van der Waals surface area (Å²) in [6.07, 6.45) is 4.80. The molecule has 0 saturated carbocycles. The summed E-state index contributed by atoms with van der Waals surface area (Å²) in [5.41, 5.74) is 1.15. The minimum atomic E-state index is -0.0499. The first-order chi connectivity index (χ1) is 11.1. The van der Waals surface area contributed by atoms with E-state index in [1.807, 2.05) is 25.3 Å². The van der Waals surface area contributed by atoms with Crippen molar-refractivity contribution in [2.75, 3.05) is 19.3 Å². The molecule has 0 bridgehead atoms. The van der Waals surface area contributed by atoms with E-state index in [0.717, 1.165) is 5.56 Å². The van der Waals surface area contributed by atoms with Crippen molar-refractivity contribution in [1.29, 1.82) is 0 Å². The van der Waals surface area contributed by atoms with Crippen LogP contribution in [0.5, 0.6) is 0 Å². The number of benzene rings is 1. The fraction of sp³-hybridized carbons (Fsp3) is 0.444. The molecule has 1 fully saturated rings. The number of hydrogen-bond acceptors (Lipinski definition) is 3. The van der Waals surface area contributed by atoms with Gasteiger partial charge in [-0.1, -0.05) is 24.8 Å². The highest BCUT2D eigenvalue weighted by atomic mass is 32.2. The second-order valence-electron chi connectivity index (χ2n) is 5.78. The Bertz CT molecular complexity index is 580. The molecule has 1 aromatic rings. The molecule has 0 aromatic heterocycles. The van der Waals surface area contributed by atoms with Crippen LogP contribution in [0.2, 0.25) is 0 Å². The maximum absolute atomic E-state index is 12.5. The molecule has 5 heteroatoms. The minimum absolute atomic E-state index is 0.0148. The molecule has 0 spiro atoms. The zero-order valence-corrected chi connectivity index (χ0v) is 14.6. The van der Waals surface area contributed by atoms with Crippen molar-refractivity contribution in [2.24, 2.45) is 5.92 Å². The van der Waals surface area contributed by atoms with Crippen LogP contribution in [-0.4, -0.2) is 36.1 Å². The van der Waals surface area contributed by atoms with E-state index in [1.165, 1.54) is 11.0 Å². The number of piperidine rings is 1. The highest BCUT2D eigenvalue weighted by molar-refractivity contribution is 7.98. The average molecular weight is 332 g/mol. The molecule has 0 radical (unpaired) electrons. The third kappa shape index (κ3) is 4.38. The molecule has 2 rings (SSSR count). The largest absolute Gasteiger partial charge is 0.349 e. The summed E-state index contributed by atoms with van der Waals surface area (Å²) < 4.78 is 0. The molecule has 1 atom stereocenters. The third-order valence-electron chi connectivity index (χ3n) is 4.32. The molecule has 1 aromatic carbocycles. The first-order valence-corrected chi connectivity index (χ1v) is 9.14. The van der Waals surface area contributed by atoms with E-state index in [-0.39, 0.29) is 23.8 Å². The van der Waals surface area contributed by atoms with Gasteiger partial charge in [0, 0.05) is 23.9 Å². The standard InChI is InChI=1S/C18H24N2O2S/c1-4-17(21)20-11-9-14(10-12-20)18(22)19-13(2)15-7-5-6-8-16(15)23-3/h4-8,13-14H,1,9-12H2,2-3H3,(H,19,22)/t13-/m0/s1. The fourth-order valence-corrected chi connectivity index (χ4v) is 3.62. The van der Waals surface area contributed by atoms with Crippen LogP contribution < -0.4 is 5.32 Å². The lowest BCUT2D eigenvalue weighted by molar-refractivity contribution is -0.132. The number of rotatable bonds is 5. The summed E-state index contributed by atoms with van der Waals surface area (Å²) in [6, 6.07) is 8.12. The smallest absolute Gasteiger partial charge is 0.245 e. The third-order valence-corrected chi connectivity index (χ3v) is 5.13. The first kappa shape index (κ1) is 17.6. The van der Waals surface area contributed by atoms with Gasteiger partial charge in [0.1, 0.15) is 0 Å². The summed E-state index contributed by atoms with van der Waals surface area (Å²) in [5, 5.41) is 3.12. The van der Waals surface area contributed by atoms with Gasteiger partial charge in [0.2, 0.25) is 11.8 Å². The van der Waals surface area contributed by atoms with E-state index >= 15 is 0 Å². The molecule has 0 aliphatic carbocycles.